The fraction of sp³-hybridized carbons (Fsp3) is 0. The Morgan fingerprint density at radius 1 is 0.419 bits per heavy atom. The molecule has 0 saturated carbocycles. The number of hydrogen-bond acceptors (Lipinski definition) is 3. The Labute approximate surface area is 251 Å². The number of hydrogen-bond donors (Lipinski definition) is 1. The summed E-state index contributed by atoms with van der Waals surface area (Å²) < 4.78 is 7.06. The Morgan fingerprint density at radius 2 is 1.02 bits per heavy atom. The molecule has 0 amide bonds. The van der Waals surface area contributed by atoms with E-state index in [4.69, 9.17) is 4.74 Å². The lowest BCUT2D eigenvalue weighted by Gasteiger charge is -2.31. The summed E-state index contributed by atoms with van der Waals surface area (Å²) in [4.78, 5) is 2.27. The van der Waals surface area contributed by atoms with Crippen LogP contribution in [0.1, 0.15) is 0 Å². The molecule has 1 aliphatic rings. The first-order valence-corrected chi connectivity index (χ1v) is 14.5. The maximum atomic E-state index is 7.06. The number of para-hydroxylation sites is 4. The van der Waals surface area contributed by atoms with Gasteiger partial charge < -0.3 is 15.0 Å². The maximum Gasteiger partial charge on any atom is 0.159 e. The van der Waals surface area contributed by atoms with Crippen LogP contribution in [-0.2, 0) is 0 Å². The summed E-state index contributed by atoms with van der Waals surface area (Å²) in [5.74, 6) is 1.74. The lowest BCUT2D eigenvalue weighted by Crippen LogP contribution is -2.12. The van der Waals surface area contributed by atoms with Gasteiger partial charge in [-0.15, -0.1) is 0 Å². The van der Waals surface area contributed by atoms with E-state index >= 15 is 0 Å². The van der Waals surface area contributed by atoms with Gasteiger partial charge in [0.15, 0.2) is 5.75 Å². The normalized spacial score (nSPS) is 11.4. The van der Waals surface area contributed by atoms with Crippen molar-refractivity contribution in [3.63, 3.8) is 0 Å². The van der Waals surface area contributed by atoms with E-state index in [0.29, 0.717) is 0 Å². The van der Waals surface area contributed by atoms with E-state index in [2.05, 4.69) is 144 Å². The number of rotatable bonds is 6. The van der Waals surface area contributed by atoms with E-state index in [1.807, 2.05) is 30.3 Å². The molecule has 0 atom stereocenters. The summed E-state index contributed by atoms with van der Waals surface area (Å²) in [6, 6.07) is 57.1. The zero-order valence-electron chi connectivity index (χ0n) is 23.4. The van der Waals surface area contributed by atoms with Crippen molar-refractivity contribution in [2.24, 2.45) is 0 Å². The van der Waals surface area contributed by atoms with Crippen LogP contribution >= 0.6 is 0 Å². The van der Waals surface area contributed by atoms with Crippen molar-refractivity contribution in [2.45, 2.75) is 0 Å². The number of ether oxygens (including phenoxy) is 1. The van der Waals surface area contributed by atoms with Crippen LogP contribution in [0.5, 0.6) is 11.5 Å². The topological polar surface area (TPSA) is 24.5 Å². The number of nitrogens with zero attached hydrogens (tertiary/aromatic N) is 1. The van der Waals surface area contributed by atoms with Crippen LogP contribution in [0.4, 0.5) is 28.4 Å². The first-order valence-electron chi connectivity index (χ1n) is 14.5. The molecular weight excluding hydrogens is 524 g/mol. The molecule has 0 fully saturated rings. The number of nitrogens with one attached hydrogen (secondary N) is 1. The standard InChI is InChI=1S/C40H28N2O/c1-4-13-30(14-5-1)41-31-25-22-28(23-26-31)34-27-24-29-12-10-19-35-36-20-11-21-37(39(36)43-40(34)38(29)35)42(32-15-6-2-7-16-32)33-17-8-3-9-18-33/h1-27,41H. The Hall–Kier alpha value is -5.80. The average Bonchev–Trinajstić information content (AvgIpc) is 3.07. The summed E-state index contributed by atoms with van der Waals surface area (Å²) in [6.45, 7) is 0. The molecule has 8 rings (SSSR count). The predicted octanol–water partition coefficient (Wildman–Crippen LogP) is 11.5. The van der Waals surface area contributed by atoms with Gasteiger partial charge in [0.25, 0.3) is 0 Å². The first kappa shape index (κ1) is 25.0. The number of anilines is 5. The van der Waals surface area contributed by atoms with Crippen LogP contribution < -0.4 is 15.0 Å². The minimum atomic E-state index is 0.852. The third-order valence-corrected chi connectivity index (χ3v) is 8.01. The van der Waals surface area contributed by atoms with Crippen molar-refractivity contribution >= 4 is 39.2 Å². The lowest BCUT2D eigenvalue weighted by molar-refractivity contribution is 0.490. The minimum Gasteiger partial charge on any atom is -0.453 e. The van der Waals surface area contributed by atoms with Crippen LogP contribution in [0.2, 0.25) is 0 Å². The molecule has 7 aromatic carbocycles. The van der Waals surface area contributed by atoms with E-state index in [-0.39, 0.29) is 0 Å². The molecule has 1 aliphatic heterocycles. The summed E-state index contributed by atoms with van der Waals surface area (Å²) >= 11 is 0. The molecule has 1 heterocycles. The molecule has 0 bridgehead atoms. The predicted molar refractivity (Wildman–Crippen MR) is 179 cm³/mol. The molecule has 0 spiro atoms. The highest BCUT2D eigenvalue weighted by Gasteiger charge is 2.28. The quantitative estimate of drug-likeness (QED) is 0.222. The highest BCUT2D eigenvalue weighted by molar-refractivity contribution is 6.09. The summed E-state index contributed by atoms with van der Waals surface area (Å²) in [5.41, 5.74) is 9.69. The van der Waals surface area contributed by atoms with Crippen LogP contribution in [0, 0.1) is 0 Å². The Morgan fingerprint density at radius 3 is 1.72 bits per heavy atom. The number of benzene rings is 7. The van der Waals surface area contributed by atoms with Crippen LogP contribution in [-0.4, -0.2) is 0 Å². The zero-order valence-corrected chi connectivity index (χ0v) is 23.4. The van der Waals surface area contributed by atoms with Crippen molar-refractivity contribution in [1.82, 2.24) is 0 Å². The Balaban J connectivity index is 1.27. The van der Waals surface area contributed by atoms with Crippen LogP contribution in [0.3, 0.4) is 0 Å². The van der Waals surface area contributed by atoms with Crippen molar-refractivity contribution < 1.29 is 4.74 Å². The van der Waals surface area contributed by atoms with Crippen LogP contribution in [0.15, 0.2) is 164 Å². The first-order chi connectivity index (χ1) is 21.3. The largest absolute Gasteiger partial charge is 0.453 e. The van der Waals surface area contributed by atoms with E-state index < -0.39 is 0 Å². The van der Waals surface area contributed by atoms with Crippen molar-refractivity contribution in [2.75, 3.05) is 10.2 Å². The molecular formula is C40H28N2O. The fourth-order valence-electron chi connectivity index (χ4n) is 6.03. The van der Waals surface area contributed by atoms with Crippen LogP contribution in [0.25, 0.3) is 33.0 Å². The molecule has 204 valence electrons. The second-order valence-electron chi connectivity index (χ2n) is 10.7. The van der Waals surface area contributed by atoms with E-state index in [9.17, 15) is 0 Å². The Kier molecular flexibility index (Phi) is 6.12. The molecule has 3 nitrogen and oxygen atoms in total. The summed E-state index contributed by atoms with van der Waals surface area (Å²) in [5, 5.41) is 5.79. The molecule has 0 aromatic heterocycles. The smallest absolute Gasteiger partial charge is 0.159 e. The van der Waals surface area contributed by atoms with Gasteiger partial charge in [0.05, 0.1) is 5.69 Å². The van der Waals surface area contributed by atoms with Gasteiger partial charge in [-0.2, -0.15) is 0 Å². The third-order valence-electron chi connectivity index (χ3n) is 8.01. The molecule has 3 heteroatoms. The van der Waals surface area contributed by atoms with Crippen molar-refractivity contribution in [3.05, 3.63) is 164 Å². The lowest BCUT2D eigenvalue weighted by atomic mass is 9.90. The molecule has 0 aliphatic carbocycles. The van der Waals surface area contributed by atoms with E-state index in [0.717, 1.165) is 67.4 Å². The molecule has 0 radical (unpaired) electrons. The van der Waals surface area contributed by atoms with Gasteiger partial charge in [0.1, 0.15) is 5.75 Å². The monoisotopic (exact) mass is 552 g/mol. The summed E-state index contributed by atoms with van der Waals surface area (Å²) in [6.07, 6.45) is 0. The van der Waals surface area contributed by atoms with Gasteiger partial charge in [-0.25, -0.2) is 0 Å². The van der Waals surface area contributed by atoms with Crippen molar-refractivity contribution in [3.8, 4) is 33.8 Å². The molecule has 1 N–H and O–H groups in total. The summed E-state index contributed by atoms with van der Waals surface area (Å²) in [7, 11) is 0. The zero-order chi connectivity index (χ0) is 28.6. The third kappa shape index (κ3) is 4.48. The van der Waals surface area contributed by atoms with Gasteiger partial charge in [0.2, 0.25) is 0 Å². The molecule has 0 unspecified atom stereocenters. The van der Waals surface area contributed by atoms with Gasteiger partial charge in [-0.1, -0.05) is 103 Å². The van der Waals surface area contributed by atoms with Gasteiger partial charge in [0, 0.05) is 39.3 Å². The van der Waals surface area contributed by atoms with Gasteiger partial charge in [-0.3, -0.25) is 0 Å². The fourth-order valence-corrected chi connectivity index (χ4v) is 6.03. The molecule has 43 heavy (non-hydrogen) atoms. The maximum absolute atomic E-state index is 7.06. The highest BCUT2D eigenvalue weighted by Crippen LogP contribution is 2.54. The number of fused-ring (bicyclic) bond motifs is 2. The second-order valence-corrected chi connectivity index (χ2v) is 10.7. The average molecular weight is 553 g/mol. The SMILES string of the molecule is c1ccc(Nc2ccc(-c3ccc4cccc5c4c3Oc3c-5cccc3N(c3ccccc3)c3ccccc3)cc2)cc1. The van der Waals surface area contributed by atoms with Gasteiger partial charge in [-0.05, 0) is 77.2 Å². The Bertz CT molecular complexity index is 2020. The van der Waals surface area contributed by atoms with E-state index in [1.165, 1.54) is 5.56 Å². The van der Waals surface area contributed by atoms with Gasteiger partial charge >= 0.3 is 0 Å². The van der Waals surface area contributed by atoms with Crippen molar-refractivity contribution in [1.29, 1.82) is 0 Å². The molecule has 0 saturated heterocycles. The highest BCUT2D eigenvalue weighted by atomic mass is 16.5. The van der Waals surface area contributed by atoms with E-state index in [1.54, 1.807) is 0 Å². The molecule has 7 aromatic rings. The second kappa shape index (κ2) is 10.6. The minimum absolute atomic E-state index is 0.852.